The third-order valence-corrected chi connectivity index (χ3v) is 4.58. The van der Waals surface area contributed by atoms with E-state index in [0.29, 0.717) is 38.6 Å². The molecule has 2 heterocycles. The monoisotopic (exact) mass is 429 g/mol. The number of ether oxygens (including phenoxy) is 1. The number of hydrogen-bond donors (Lipinski definition) is 2. The summed E-state index contributed by atoms with van der Waals surface area (Å²) in [4.78, 5) is 22.1. The predicted molar refractivity (Wildman–Crippen MR) is 108 cm³/mol. The van der Waals surface area contributed by atoms with Crippen molar-refractivity contribution in [3.63, 3.8) is 0 Å². The molecule has 1 aliphatic rings. The van der Waals surface area contributed by atoms with Gasteiger partial charge in [0.2, 0.25) is 11.8 Å². The summed E-state index contributed by atoms with van der Waals surface area (Å²) in [5.41, 5.74) is -0.809. The number of halogens is 3. The number of carbonyl (C=O) groups is 1. The summed E-state index contributed by atoms with van der Waals surface area (Å²) in [6.07, 6.45) is 0.918. The molecule has 0 bridgehead atoms. The van der Waals surface area contributed by atoms with E-state index in [4.69, 9.17) is 4.74 Å². The number of nitrogens with zero attached hydrogens (tertiary/aromatic N) is 3. The fourth-order valence-corrected chi connectivity index (χ4v) is 3.03. The highest BCUT2D eigenvalue weighted by molar-refractivity contribution is 5.79. The zero-order chi connectivity index (χ0) is 21.8. The summed E-state index contributed by atoms with van der Waals surface area (Å²) >= 11 is 0. The molecule has 0 unspecified atom stereocenters. The number of amides is 1. The zero-order valence-electron chi connectivity index (χ0n) is 17.3. The average molecular weight is 429 g/mol. The van der Waals surface area contributed by atoms with Crippen molar-refractivity contribution in [2.75, 3.05) is 39.3 Å². The number of rotatable bonds is 9. The maximum absolute atomic E-state index is 12.5. The van der Waals surface area contributed by atoms with E-state index >= 15 is 0 Å². The zero-order valence-corrected chi connectivity index (χ0v) is 17.3. The molecule has 30 heavy (non-hydrogen) atoms. The van der Waals surface area contributed by atoms with Gasteiger partial charge in [-0.3, -0.25) is 9.79 Å². The highest BCUT2D eigenvalue weighted by Crippen LogP contribution is 2.29. The smallest absolute Gasteiger partial charge is 0.417 e. The number of carbonyl (C=O) groups excluding carboxylic acids is 1. The second-order valence-electron chi connectivity index (χ2n) is 6.96. The first-order valence-electron chi connectivity index (χ1n) is 10.4. The van der Waals surface area contributed by atoms with Gasteiger partial charge in [-0.1, -0.05) is 6.42 Å². The second-order valence-corrected chi connectivity index (χ2v) is 6.96. The topological polar surface area (TPSA) is 78.9 Å². The Bertz CT molecular complexity index is 680. The Kier molecular flexibility index (Phi) is 9.69. The van der Waals surface area contributed by atoms with E-state index in [2.05, 4.69) is 20.6 Å². The van der Waals surface area contributed by atoms with Crippen molar-refractivity contribution in [2.24, 2.45) is 4.99 Å². The van der Waals surface area contributed by atoms with Crippen LogP contribution in [0.5, 0.6) is 5.88 Å². The van der Waals surface area contributed by atoms with Gasteiger partial charge in [-0.25, -0.2) is 4.98 Å². The summed E-state index contributed by atoms with van der Waals surface area (Å²) in [5.74, 6) is 0.994. The van der Waals surface area contributed by atoms with Gasteiger partial charge in [0.25, 0.3) is 0 Å². The number of aromatic nitrogens is 1. The molecule has 2 N–H and O–H groups in total. The number of nitrogens with one attached hydrogen (secondary N) is 2. The molecular weight excluding hydrogens is 399 g/mol. The van der Waals surface area contributed by atoms with Crippen molar-refractivity contribution in [3.8, 4) is 5.88 Å². The summed E-state index contributed by atoms with van der Waals surface area (Å²) in [5, 5.41) is 6.23. The van der Waals surface area contributed by atoms with Crippen LogP contribution in [0.15, 0.2) is 23.3 Å². The molecule has 10 heteroatoms. The molecule has 168 valence electrons. The summed E-state index contributed by atoms with van der Waals surface area (Å²) < 4.78 is 42.9. The number of hydrogen-bond acceptors (Lipinski definition) is 4. The van der Waals surface area contributed by atoms with E-state index in [0.717, 1.165) is 44.5 Å². The van der Waals surface area contributed by atoms with Crippen LogP contribution >= 0.6 is 0 Å². The minimum Gasteiger partial charge on any atom is -0.476 e. The van der Waals surface area contributed by atoms with E-state index in [1.54, 1.807) is 0 Å². The third kappa shape index (κ3) is 8.46. The number of pyridine rings is 1. The highest BCUT2D eigenvalue weighted by atomic mass is 19.4. The van der Waals surface area contributed by atoms with Crippen molar-refractivity contribution in [1.29, 1.82) is 0 Å². The lowest BCUT2D eigenvalue weighted by molar-refractivity contribution is -0.137. The van der Waals surface area contributed by atoms with Crippen LogP contribution in [0.3, 0.4) is 0 Å². The summed E-state index contributed by atoms with van der Waals surface area (Å²) in [6, 6.07) is 2.14. The van der Waals surface area contributed by atoms with Crippen LogP contribution in [0.1, 0.15) is 44.6 Å². The lowest BCUT2D eigenvalue weighted by Gasteiger charge is -2.20. The lowest BCUT2D eigenvalue weighted by Crippen LogP contribution is -2.39. The largest absolute Gasteiger partial charge is 0.476 e. The van der Waals surface area contributed by atoms with Gasteiger partial charge in [-0.2, -0.15) is 13.2 Å². The van der Waals surface area contributed by atoms with Crippen molar-refractivity contribution in [3.05, 3.63) is 23.9 Å². The van der Waals surface area contributed by atoms with Crippen molar-refractivity contribution >= 4 is 11.9 Å². The first-order chi connectivity index (χ1) is 14.4. The van der Waals surface area contributed by atoms with Crippen molar-refractivity contribution in [2.45, 2.75) is 45.2 Å². The molecule has 1 amide bonds. The fraction of sp³-hybridized carbons (Fsp3) is 0.650. The number of alkyl halides is 3. The Morgan fingerprint density at radius 3 is 2.80 bits per heavy atom. The Balaban J connectivity index is 1.69. The molecule has 0 aliphatic carbocycles. The molecule has 1 aromatic rings. The predicted octanol–water partition coefficient (Wildman–Crippen LogP) is 2.83. The molecule has 0 atom stereocenters. The third-order valence-electron chi connectivity index (χ3n) is 4.58. The van der Waals surface area contributed by atoms with E-state index in [-0.39, 0.29) is 18.4 Å². The van der Waals surface area contributed by atoms with Gasteiger partial charge in [0, 0.05) is 44.9 Å². The van der Waals surface area contributed by atoms with E-state index in [1.807, 2.05) is 11.8 Å². The number of likely N-dealkylation sites (tertiary alicyclic amines) is 1. The first-order valence-corrected chi connectivity index (χ1v) is 10.4. The average Bonchev–Trinajstić information content (AvgIpc) is 2.92. The maximum atomic E-state index is 12.5. The first kappa shape index (κ1) is 23.8. The molecule has 1 fully saturated rings. The van der Waals surface area contributed by atoms with Crippen molar-refractivity contribution in [1.82, 2.24) is 20.5 Å². The quantitative estimate of drug-likeness (QED) is 0.359. The Labute approximate surface area is 175 Å². The van der Waals surface area contributed by atoms with Crippen LogP contribution in [0.4, 0.5) is 13.2 Å². The van der Waals surface area contributed by atoms with Gasteiger partial charge in [-0.15, -0.1) is 0 Å². The summed E-state index contributed by atoms with van der Waals surface area (Å²) in [7, 11) is 0. The van der Waals surface area contributed by atoms with Crippen LogP contribution in [0, 0.1) is 0 Å². The van der Waals surface area contributed by atoms with Crippen LogP contribution < -0.4 is 15.4 Å². The minimum atomic E-state index is -4.41. The van der Waals surface area contributed by atoms with Crippen LogP contribution in [0.2, 0.25) is 0 Å². The molecule has 0 spiro atoms. The van der Waals surface area contributed by atoms with Crippen LogP contribution in [-0.2, 0) is 11.0 Å². The minimum absolute atomic E-state index is 0.133. The fourth-order valence-electron chi connectivity index (χ4n) is 3.03. The molecule has 1 aliphatic heterocycles. The van der Waals surface area contributed by atoms with E-state index in [1.165, 1.54) is 6.07 Å². The van der Waals surface area contributed by atoms with Gasteiger partial charge < -0.3 is 20.3 Å². The standard InChI is InChI=1S/C20H30F3N5O2/c1-2-24-19(25-10-6-13-28-12-5-3-4-7-18(28)29)26-11-14-30-17-9-8-16(15-27-17)20(21,22)23/h8-9,15H,2-7,10-14H2,1H3,(H2,24,25,26). The molecule has 2 rings (SSSR count). The highest BCUT2D eigenvalue weighted by Gasteiger charge is 2.30. The molecule has 0 saturated carbocycles. The molecule has 7 nitrogen and oxygen atoms in total. The van der Waals surface area contributed by atoms with Gasteiger partial charge in [0.05, 0.1) is 12.1 Å². The SMILES string of the molecule is CCNC(=NCCCN1CCCCCC1=O)NCCOc1ccc(C(F)(F)F)cn1. The number of guanidine groups is 1. The Hall–Kier alpha value is -2.52. The number of aliphatic imine (C=N–C) groups is 1. The van der Waals surface area contributed by atoms with Gasteiger partial charge in [-0.05, 0) is 32.3 Å². The lowest BCUT2D eigenvalue weighted by atomic mass is 10.2. The van der Waals surface area contributed by atoms with Crippen molar-refractivity contribution < 1.29 is 22.7 Å². The van der Waals surface area contributed by atoms with E-state index in [9.17, 15) is 18.0 Å². The molecule has 1 saturated heterocycles. The molecule has 0 radical (unpaired) electrons. The van der Waals surface area contributed by atoms with E-state index < -0.39 is 11.7 Å². The Morgan fingerprint density at radius 1 is 1.27 bits per heavy atom. The van der Waals surface area contributed by atoms with Crippen LogP contribution in [-0.4, -0.2) is 61.1 Å². The second kappa shape index (κ2) is 12.2. The molecular formula is C20H30F3N5O2. The van der Waals surface area contributed by atoms with Crippen LogP contribution in [0.25, 0.3) is 0 Å². The van der Waals surface area contributed by atoms with Gasteiger partial charge in [0.15, 0.2) is 5.96 Å². The normalized spacial score (nSPS) is 15.7. The van der Waals surface area contributed by atoms with Gasteiger partial charge >= 0.3 is 6.18 Å². The maximum Gasteiger partial charge on any atom is 0.417 e. The summed E-state index contributed by atoms with van der Waals surface area (Å²) in [6.45, 7) is 5.42. The Morgan fingerprint density at radius 2 is 2.10 bits per heavy atom. The van der Waals surface area contributed by atoms with Gasteiger partial charge in [0.1, 0.15) is 6.61 Å². The molecule has 1 aromatic heterocycles. The molecule has 0 aromatic carbocycles.